The lowest BCUT2D eigenvalue weighted by molar-refractivity contribution is -0.141. The molecule has 0 fully saturated rings. The molecule has 0 aliphatic heterocycles. The third-order valence-electron chi connectivity index (χ3n) is 7.18. The molecule has 0 heterocycles. The van der Waals surface area contributed by atoms with Gasteiger partial charge >= 0.3 is 12.1 Å². The zero-order chi connectivity index (χ0) is 27.2. The molecular formula is C31H42N2O5. The SMILES string of the molecule is CCCCCCCCCCCCNC(=O)CC(NC(=O)OCC1c2ccccc2-c2ccccc21)C(=O)O. The number of amides is 2. The Bertz CT molecular complexity index is 1010. The number of unbranched alkanes of at least 4 members (excludes halogenated alkanes) is 9. The maximum absolute atomic E-state index is 12.5. The highest BCUT2D eigenvalue weighted by Crippen LogP contribution is 2.44. The van der Waals surface area contributed by atoms with Gasteiger partial charge in [-0.1, -0.05) is 113 Å². The van der Waals surface area contributed by atoms with Gasteiger partial charge in [0.1, 0.15) is 12.6 Å². The number of ether oxygens (including phenoxy) is 1. The fourth-order valence-corrected chi connectivity index (χ4v) is 5.08. The van der Waals surface area contributed by atoms with E-state index in [9.17, 15) is 19.5 Å². The number of nitrogens with one attached hydrogen (secondary N) is 2. The number of carbonyl (C=O) groups excluding carboxylic acids is 2. The Labute approximate surface area is 226 Å². The summed E-state index contributed by atoms with van der Waals surface area (Å²) in [5.41, 5.74) is 4.37. The van der Waals surface area contributed by atoms with Crippen LogP contribution < -0.4 is 10.6 Å². The van der Waals surface area contributed by atoms with Gasteiger partial charge in [-0.3, -0.25) is 4.79 Å². The van der Waals surface area contributed by atoms with E-state index in [1.165, 1.54) is 44.9 Å². The van der Waals surface area contributed by atoms with Crippen LogP contribution in [0.1, 0.15) is 94.6 Å². The molecule has 0 aromatic heterocycles. The van der Waals surface area contributed by atoms with Crippen molar-refractivity contribution in [1.29, 1.82) is 0 Å². The highest BCUT2D eigenvalue weighted by Gasteiger charge is 2.30. The van der Waals surface area contributed by atoms with E-state index in [1.54, 1.807) is 0 Å². The van der Waals surface area contributed by atoms with E-state index >= 15 is 0 Å². The Kier molecular flexibility index (Phi) is 12.1. The molecule has 3 N–H and O–H groups in total. The van der Waals surface area contributed by atoms with Crippen LogP contribution in [-0.2, 0) is 14.3 Å². The monoisotopic (exact) mass is 522 g/mol. The van der Waals surface area contributed by atoms with Gasteiger partial charge in [-0.15, -0.1) is 0 Å². The van der Waals surface area contributed by atoms with E-state index in [0.717, 1.165) is 41.5 Å². The molecule has 1 aliphatic rings. The Balaban J connectivity index is 1.35. The predicted molar refractivity (Wildman–Crippen MR) is 149 cm³/mol. The molecule has 1 atom stereocenters. The van der Waals surface area contributed by atoms with Crippen LogP contribution in [0.4, 0.5) is 4.79 Å². The maximum Gasteiger partial charge on any atom is 0.407 e. The first kappa shape index (κ1) is 29.2. The fourth-order valence-electron chi connectivity index (χ4n) is 5.08. The van der Waals surface area contributed by atoms with Crippen LogP contribution in [0.3, 0.4) is 0 Å². The van der Waals surface area contributed by atoms with Crippen molar-refractivity contribution in [2.75, 3.05) is 13.2 Å². The van der Waals surface area contributed by atoms with E-state index in [0.29, 0.717) is 6.54 Å². The largest absolute Gasteiger partial charge is 0.480 e. The van der Waals surface area contributed by atoms with Crippen LogP contribution in [0.25, 0.3) is 11.1 Å². The maximum atomic E-state index is 12.5. The molecular weight excluding hydrogens is 480 g/mol. The van der Waals surface area contributed by atoms with E-state index in [1.807, 2.05) is 48.5 Å². The number of carboxylic acid groups (broad SMARTS) is 1. The number of hydrogen-bond acceptors (Lipinski definition) is 4. The number of aliphatic carboxylic acids is 1. The predicted octanol–water partition coefficient (Wildman–Crippen LogP) is 6.41. The van der Waals surface area contributed by atoms with Gasteiger partial charge in [0.25, 0.3) is 0 Å². The second-order valence-electron chi connectivity index (χ2n) is 10.1. The van der Waals surface area contributed by atoms with Crippen molar-refractivity contribution in [1.82, 2.24) is 10.6 Å². The number of alkyl carbamates (subject to hydrolysis) is 1. The van der Waals surface area contributed by atoms with Crippen molar-refractivity contribution in [3.63, 3.8) is 0 Å². The topological polar surface area (TPSA) is 105 Å². The molecule has 1 unspecified atom stereocenters. The molecule has 7 nitrogen and oxygen atoms in total. The first-order valence-electron chi connectivity index (χ1n) is 14.1. The lowest BCUT2D eigenvalue weighted by atomic mass is 9.98. The summed E-state index contributed by atoms with van der Waals surface area (Å²) in [7, 11) is 0. The zero-order valence-corrected chi connectivity index (χ0v) is 22.5. The minimum absolute atomic E-state index is 0.0805. The summed E-state index contributed by atoms with van der Waals surface area (Å²) in [5.74, 6) is -1.79. The van der Waals surface area contributed by atoms with Crippen LogP contribution in [0.15, 0.2) is 48.5 Å². The Morgan fingerprint density at radius 1 is 0.816 bits per heavy atom. The highest BCUT2D eigenvalue weighted by atomic mass is 16.5. The lowest BCUT2D eigenvalue weighted by Gasteiger charge is -2.17. The van der Waals surface area contributed by atoms with Crippen LogP contribution in [0.5, 0.6) is 0 Å². The summed E-state index contributed by atoms with van der Waals surface area (Å²) < 4.78 is 5.43. The first-order valence-corrected chi connectivity index (χ1v) is 14.1. The fraction of sp³-hybridized carbons (Fsp3) is 0.516. The average Bonchev–Trinajstić information content (AvgIpc) is 3.23. The molecule has 2 aromatic rings. The zero-order valence-electron chi connectivity index (χ0n) is 22.5. The normalized spacial score (nSPS) is 12.9. The third kappa shape index (κ3) is 8.89. The molecule has 1 aliphatic carbocycles. The second kappa shape index (κ2) is 15.8. The minimum Gasteiger partial charge on any atom is -0.480 e. The molecule has 0 saturated heterocycles. The van der Waals surface area contributed by atoms with Crippen molar-refractivity contribution >= 4 is 18.0 Å². The minimum atomic E-state index is -1.35. The number of benzene rings is 2. The molecule has 2 amide bonds. The molecule has 7 heteroatoms. The van der Waals surface area contributed by atoms with Gasteiger partial charge in [0.05, 0.1) is 6.42 Å². The van der Waals surface area contributed by atoms with Gasteiger partial charge in [0.2, 0.25) is 5.91 Å². The second-order valence-corrected chi connectivity index (χ2v) is 10.1. The number of carbonyl (C=O) groups is 3. The van der Waals surface area contributed by atoms with Gasteiger partial charge in [-0.25, -0.2) is 9.59 Å². The van der Waals surface area contributed by atoms with E-state index in [4.69, 9.17) is 4.74 Å². The smallest absolute Gasteiger partial charge is 0.407 e. The number of hydrogen-bond donors (Lipinski definition) is 3. The van der Waals surface area contributed by atoms with Gasteiger partial charge < -0.3 is 20.5 Å². The Hall–Kier alpha value is -3.35. The van der Waals surface area contributed by atoms with E-state index < -0.39 is 24.0 Å². The molecule has 0 radical (unpaired) electrons. The van der Waals surface area contributed by atoms with Crippen LogP contribution in [0.2, 0.25) is 0 Å². The highest BCUT2D eigenvalue weighted by molar-refractivity contribution is 5.87. The van der Waals surface area contributed by atoms with Crippen molar-refractivity contribution in [3.05, 3.63) is 59.7 Å². The molecule has 0 saturated carbocycles. The van der Waals surface area contributed by atoms with E-state index in [2.05, 4.69) is 17.6 Å². The van der Waals surface area contributed by atoms with Gasteiger partial charge in [0.15, 0.2) is 0 Å². The number of carboxylic acids is 1. The quantitative estimate of drug-likeness (QED) is 0.208. The van der Waals surface area contributed by atoms with Gasteiger partial charge in [-0.2, -0.15) is 0 Å². The van der Waals surface area contributed by atoms with Gasteiger partial charge in [0, 0.05) is 12.5 Å². The Morgan fingerprint density at radius 2 is 1.34 bits per heavy atom. The van der Waals surface area contributed by atoms with Crippen LogP contribution in [0, 0.1) is 0 Å². The number of fused-ring (bicyclic) bond motifs is 3. The summed E-state index contributed by atoms with van der Waals surface area (Å²) in [6.45, 7) is 2.81. The van der Waals surface area contributed by atoms with E-state index in [-0.39, 0.29) is 18.9 Å². The average molecular weight is 523 g/mol. The van der Waals surface area contributed by atoms with Crippen molar-refractivity contribution < 1.29 is 24.2 Å². The summed E-state index contributed by atoms with van der Waals surface area (Å²) in [6.07, 6.45) is 10.9. The molecule has 0 spiro atoms. The standard InChI is InChI=1S/C31H42N2O5/c1-2-3-4-5-6-7-8-9-10-15-20-32-29(34)21-28(30(35)36)33-31(37)38-22-27-25-18-13-11-16-23(25)24-17-12-14-19-26(24)27/h11-14,16-19,27-28H,2-10,15,20-22H2,1H3,(H,32,34)(H,33,37)(H,35,36). The summed E-state index contributed by atoms with van der Waals surface area (Å²) in [6, 6.07) is 14.6. The Morgan fingerprint density at radius 3 is 1.89 bits per heavy atom. The van der Waals surface area contributed by atoms with Crippen molar-refractivity contribution in [3.8, 4) is 11.1 Å². The molecule has 3 rings (SSSR count). The van der Waals surface area contributed by atoms with Crippen LogP contribution in [-0.4, -0.2) is 42.3 Å². The molecule has 38 heavy (non-hydrogen) atoms. The summed E-state index contributed by atoms with van der Waals surface area (Å²) in [4.78, 5) is 36.4. The molecule has 2 aromatic carbocycles. The lowest BCUT2D eigenvalue weighted by Crippen LogP contribution is -2.44. The van der Waals surface area contributed by atoms with Crippen molar-refractivity contribution in [2.24, 2.45) is 0 Å². The summed E-state index contributed by atoms with van der Waals surface area (Å²) in [5, 5.41) is 14.6. The molecule has 206 valence electrons. The van der Waals surface area contributed by atoms with Gasteiger partial charge in [-0.05, 0) is 28.7 Å². The third-order valence-corrected chi connectivity index (χ3v) is 7.18. The van der Waals surface area contributed by atoms with Crippen molar-refractivity contribution in [2.45, 2.75) is 89.5 Å². The summed E-state index contributed by atoms with van der Waals surface area (Å²) >= 11 is 0. The first-order chi connectivity index (χ1) is 18.5. The van der Waals surface area contributed by atoms with Crippen LogP contribution >= 0.6 is 0 Å². The number of rotatable bonds is 17. The molecule has 0 bridgehead atoms.